The number of benzene rings is 1. The first-order valence-corrected chi connectivity index (χ1v) is 9.92. The lowest BCUT2D eigenvalue weighted by Crippen LogP contribution is -2.49. The maximum absolute atomic E-state index is 12.9. The monoisotopic (exact) mass is 411 g/mol. The number of halogens is 1. The Kier molecular flexibility index (Phi) is 10.5. The minimum Gasteiger partial charge on any atom is -0.480 e. The van der Waals surface area contributed by atoms with Gasteiger partial charge >= 0.3 is 5.97 Å². The van der Waals surface area contributed by atoms with Crippen molar-refractivity contribution in [3.63, 3.8) is 0 Å². The molecule has 1 amide bonds. The third kappa shape index (κ3) is 7.41. The van der Waals surface area contributed by atoms with Gasteiger partial charge in [-0.25, -0.2) is 0 Å². The van der Waals surface area contributed by atoms with E-state index in [4.69, 9.17) is 5.11 Å². The van der Waals surface area contributed by atoms with Crippen LogP contribution in [0.4, 0.5) is 0 Å². The molecule has 1 aromatic rings. The quantitative estimate of drug-likeness (QED) is 0.676. The number of hydrogen-bond acceptors (Lipinski definition) is 4. The SMILES string of the molecule is CCN(CC(=O)O)C1CCN(CC(=O)N(Cc2ccccc2)C(C)C)CC1.Cl. The van der Waals surface area contributed by atoms with Gasteiger partial charge < -0.3 is 10.0 Å². The zero-order chi connectivity index (χ0) is 19.8. The zero-order valence-corrected chi connectivity index (χ0v) is 18.0. The van der Waals surface area contributed by atoms with Gasteiger partial charge in [-0.2, -0.15) is 0 Å². The summed E-state index contributed by atoms with van der Waals surface area (Å²) in [5.74, 6) is -0.617. The van der Waals surface area contributed by atoms with Gasteiger partial charge in [0.15, 0.2) is 0 Å². The molecule has 0 unspecified atom stereocenters. The van der Waals surface area contributed by atoms with Crippen LogP contribution in [0.3, 0.4) is 0 Å². The molecular formula is C21H34ClN3O3. The van der Waals surface area contributed by atoms with Crippen molar-refractivity contribution in [1.29, 1.82) is 0 Å². The molecule has 2 rings (SSSR count). The van der Waals surface area contributed by atoms with Gasteiger partial charge in [0, 0.05) is 31.7 Å². The number of likely N-dealkylation sites (tertiary alicyclic amines) is 1. The molecule has 1 N–H and O–H groups in total. The van der Waals surface area contributed by atoms with E-state index >= 15 is 0 Å². The summed E-state index contributed by atoms with van der Waals surface area (Å²) in [5.41, 5.74) is 1.14. The molecule has 0 aliphatic carbocycles. The number of rotatable bonds is 9. The first-order valence-electron chi connectivity index (χ1n) is 9.92. The Hall–Kier alpha value is -1.63. The van der Waals surface area contributed by atoms with Gasteiger partial charge in [0.2, 0.25) is 5.91 Å². The molecule has 7 heteroatoms. The summed E-state index contributed by atoms with van der Waals surface area (Å²) < 4.78 is 0. The molecule has 6 nitrogen and oxygen atoms in total. The number of carbonyl (C=O) groups excluding carboxylic acids is 1. The molecule has 0 spiro atoms. The van der Waals surface area contributed by atoms with Crippen LogP contribution in [0.5, 0.6) is 0 Å². The minimum absolute atomic E-state index is 0. The average molecular weight is 412 g/mol. The number of amides is 1. The van der Waals surface area contributed by atoms with Gasteiger partial charge in [0.05, 0.1) is 13.1 Å². The molecule has 0 bridgehead atoms. The fraction of sp³-hybridized carbons (Fsp3) is 0.619. The maximum atomic E-state index is 12.9. The number of carboxylic acid groups (broad SMARTS) is 1. The van der Waals surface area contributed by atoms with E-state index in [0.717, 1.165) is 38.0 Å². The highest BCUT2D eigenvalue weighted by Crippen LogP contribution is 2.17. The van der Waals surface area contributed by atoms with Crippen LogP contribution in [0.1, 0.15) is 39.2 Å². The molecule has 0 radical (unpaired) electrons. The zero-order valence-electron chi connectivity index (χ0n) is 17.2. The highest BCUT2D eigenvalue weighted by atomic mass is 35.5. The smallest absolute Gasteiger partial charge is 0.317 e. The van der Waals surface area contributed by atoms with Crippen LogP contribution in [0.2, 0.25) is 0 Å². The van der Waals surface area contributed by atoms with E-state index in [1.807, 2.05) is 34.9 Å². The number of piperidine rings is 1. The van der Waals surface area contributed by atoms with E-state index in [1.54, 1.807) is 0 Å². The minimum atomic E-state index is -0.775. The van der Waals surface area contributed by atoms with Crippen molar-refractivity contribution >= 4 is 24.3 Å². The van der Waals surface area contributed by atoms with E-state index in [9.17, 15) is 9.59 Å². The first-order chi connectivity index (χ1) is 12.9. The molecule has 1 aliphatic rings. The van der Waals surface area contributed by atoms with Gasteiger partial charge in [-0.3, -0.25) is 19.4 Å². The standard InChI is InChI=1S/C21H33N3O3.ClH/c1-4-23(16-21(26)27)19-10-12-22(13-11-19)15-20(25)24(17(2)3)14-18-8-6-5-7-9-18;/h5-9,17,19H,4,10-16H2,1-3H3,(H,26,27);1H. The Bertz CT molecular complexity index is 604. The third-order valence-electron chi connectivity index (χ3n) is 5.32. The highest BCUT2D eigenvalue weighted by Gasteiger charge is 2.27. The van der Waals surface area contributed by atoms with Crippen molar-refractivity contribution in [2.75, 3.05) is 32.7 Å². The van der Waals surface area contributed by atoms with Crippen LogP contribution in [-0.2, 0) is 16.1 Å². The number of carbonyl (C=O) groups is 2. The predicted molar refractivity (Wildman–Crippen MR) is 114 cm³/mol. The highest BCUT2D eigenvalue weighted by molar-refractivity contribution is 5.85. The van der Waals surface area contributed by atoms with E-state index in [1.165, 1.54) is 0 Å². The topological polar surface area (TPSA) is 64.1 Å². The Labute approximate surface area is 174 Å². The molecule has 1 saturated heterocycles. The lowest BCUT2D eigenvalue weighted by molar-refractivity contribution is -0.139. The van der Waals surface area contributed by atoms with Crippen LogP contribution in [0.25, 0.3) is 0 Å². The molecular weight excluding hydrogens is 378 g/mol. The van der Waals surface area contributed by atoms with Crippen molar-refractivity contribution in [2.24, 2.45) is 0 Å². The van der Waals surface area contributed by atoms with Gasteiger partial charge in [-0.1, -0.05) is 37.3 Å². The first kappa shape index (κ1) is 24.4. The van der Waals surface area contributed by atoms with E-state index in [-0.39, 0.29) is 30.9 Å². The summed E-state index contributed by atoms with van der Waals surface area (Å²) >= 11 is 0. The maximum Gasteiger partial charge on any atom is 0.317 e. The van der Waals surface area contributed by atoms with Crippen molar-refractivity contribution in [3.05, 3.63) is 35.9 Å². The van der Waals surface area contributed by atoms with E-state index < -0.39 is 5.97 Å². The van der Waals surface area contributed by atoms with Gasteiger partial charge in [-0.05, 0) is 38.8 Å². The molecule has 28 heavy (non-hydrogen) atoms. The molecule has 0 aromatic heterocycles. The molecule has 0 saturated carbocycles. The summed E-state index contributed by atoms with van der Waals surface area (Å²) in [5, 5.41) is 9.05. The fourth-order valence-corrected chi connectivity index (χ4v) is 3.74. The van der Waals surface area contributed by atoms with Crippen molar-refractivity contribution in [2.45, 2.75) is 52.2 Å². The summed E-state index contributed by atoms with van der Waals surface area (Å²) in [7, 11) is 0. The average Bonchev–Trinajstić information content (AvgIpc) is 2.65. The van der Waals surface area contributed by atoms with Crippen molar-refractivity contribution < 1.29 is 14.7 Å². The molecule has 0 atom stereocenters. The number of hydrogen-bond donors (Lipinski definition) is 1. The fourth-order valence-electron chi connectivity index (χ4n) is 3.74. The Morgan fingerprint density at radius 1 is 1.18 bits per heavy atom. The molecule has 1 fully saturated rings. The molecule has 1 aliphatic heterocycles. The second-order valence-corrected chi connectivity index (χ2v) is 7.57. The van der Waals surface area contributed by atoms with Crippen molar-refractivity contribution in [1.82, 2.24) is 14.7 Å². The number of aliphatic carboxylic acids is 1. The summed E-state index contributed by atoms with van der Waals surface area (Å²) in [6.07, 6.45) is 1.82. The third-order valence-corrected chi connectivity index (χ3v) is 5.32. The lowest BCUT2D eigenvalue weighted by Gasteiger charge is -2.38. The Morgan fingerprint density at radius 3 is 2.29 bits per heavy atom. The second kappa shape index (κ2) is 12.0. The number of nitrogens with zero attached hydrogens (tertiary/aromatic N) is 3. The predicted octanol–water partition coefficient (Wildman–Crippen LogP) is 2.72. The van der Waals surface area contributed by atoms with Gasteiger partial charge in [-0.15, -0.1) is 12.4 Å². The Balaban J connectivity index is 0.00000392. The molecule has 1 heterocycles. The van der Waals surface area contributed by atoms with Gasteiger partial charge in [0.25, 0.3) is 0 Å². The Morgan fingerprint density at radius 2 is 1.79 bits per heavy atom. The molecule has 158 valence electrons. The van der Waals surface area contributed by atoms with E-state index in [2.05, 4.69) is 30.9 Å². The van der Waals surface area contributed by atoms with Crippen LogP contribution in [0, 0.1) is 0 Å². The van der Waals surface area contributed by atoms with E-state index in [0.29, 0.717) is 19.1 Å². The second-order valence-electron chi connectivity index (χ2n) is 7.57. The van der Waals surface area contributed by atoms with Crippen LogP contribution in [-0.4, -0.2) is 76.5 Å². The summed E-state index contributed by atoms with van der Waals surface area (Å²) in [6, 6.07) is 10.5. The summed E-state index contributed by atoms with van der Waals surface area (Å²) in [6.45, 7) is 9.69. The van der Waals surface area contributed by atoms with Crippen LogP contribution < -0.4 is 0 Å². The normalized spacial score (nSPS) is 15.5. The number of likely N-dealkylation sites (N-methyl/N-ethyl adjacent to an activating group) is 1. The summed E-state index contributed by atoms with van der Waals surface area (Å²) in [4.78, 5) is 30.0. The van der Waals surface area contributed by atoms with Crippen molar-refractivity contribution in [3.8, 4) is 0 Å². The van der Waals surface area contributed by atoms with Gasteiger partial charge in [0.1, 0.15) is 0 Å². The lowest BCUT2D eigenvalue weighted by atomic mass is 10.0. The molecule has 1 aromatic carbocycles. The largest absolute Gasteiger partial charge is 0.480 e. The van der Waals surface area contributed by atoms with Crippen LogP contribution >= 0.6 is 12.4 Å². The van der Waals surface area contributed by atoms with Crippen LogP contribution in [0.15, 0.2) is 30.3 Å². The number of carboxylic acids is 1.